The topological polar surface area (TPSA) is 77.0 Å². The highest BCUT2D eigenvalue weighted by Crippen LogP contribution is 2.15. The molecule has 0 saturated carbocycles. The smallest absolute Gasteiger partial charge is 0.339 e. The van der Waals surface area contributed by atoms with Crippen LogP contribution < -0.4 is 5.32 Å². The van der Waals surface area contributed by atoms with Gasteiger partial charge < -0.3 is 14.9 Å². The number of oxime groups is 1. The molecule has 6 heteroatoms. The fourth-order valence-electron chi connectivity index (χ4n) is 2.10. The Kier molecular flexibility index (Phi) is 6.71. The summed E-state index contributed by atoms with van der Waals surface area (Å²) in [5.74, 6) is -0.944. The highest BCUT2D eigenvalue weighted by Gasteiger charge is 2.13. The van der Waals surface area contributed by atoms with E-state index in [1.807, 2.05) is 24.3 Å². The minimum Gasteiger partial charge on any atom is -0.465 e. The Morgan fingerprint density at radius 3 is 2.52 bits per heavy atom. The maximum atomic E-state index is 11.9. The molecule has 0 radical (unpaired) electrons. The van der Waals surface area contributed by atoms with Gasteiger partial charge in [-0.1, -0.05) is 48.5 Å². The van der Waals surface area contributed by atoms with Crippen molar-refractivity contribution in [2.75, 3.05) is 19.0 Å². The number of methoxy groups -OCH3 is 1. The molecule has 0 fully saturated rings. The van der Waals surface area contributed by atoms with Gasteiger partial charge in [0, 0.05) is 0 Å². The number of hydrogen-bond donors (Lipinski definition) is 1. The Balaban J connectivity index is 1.86. The number of carbonyl (C=O) groups is 2. The summed E-state index contributed by atoms with van der Waals surface area (Å²) in [4.78, 5) is 28.6. The van der Waals surface area contributed by atoms with Gasteiger partial charge in [-0.05, 0) is 29.7 Å². The van der Waals surface area contributed by atoms with Crippen LogP contribution in [0, 0.1) is 0 Å². The van der Waals surface area contributed by atoms with E-state index in [9.17, 15) is 9.59 Å². The van der Waals surface area contributed by atoms with E-state index in [1.54, 1.807) is 24.3 Å². The summed E-state index contributed by atoms with van der Waals surface area (Å²) in [6, 6.07) is 14.5. The Morgan fingerprint density at radius 2 is 1.84 bits per heavy atom. The van der Waals surface area contributed by atoms with Crippen LogP contribution in [0.15, 0.2) is 53.7 Å². The van der Waals surface area contributed by atoms with Crippen molar-refractivity contribution in [3.8, 4) is 0 Å². The van der Waals surface area contributed by atoms with Crippen LogP contribution in [0.2, 0.25) is 0 Å². The Morgan fingerprint density at radius 1 is 1.12 bits per heavy atom. The zero-order chi connectivity index (χ0) is 18.1. The first-order chi connectivity index (χ1) is 12.1. The van der Waals surface area contributed by atoms with Crippen LogP contribution in [0.25, 0.3) is 0 Å². The molecule has 130 valence electrons. The quantitative estimate of drug-likeness (QED) is 0.477. The lowest BCUT2D eigenvalue weighted by molar-refractivity contribution is -0.120. The van der Waals surface area contributed by atoms with E-state index in [2.05, 4.69) is 22.1 Å². The highest BCUT2D eigenvalue weighted by molar-refractivity contribution is 6.01. The lowest BCUT2D eigenvalue weighted by Crippen LogP contribution is -2.19. The van der Waals surface area contributed by atoms with Gasteiger partial charge in [-0.2, -0.15) is 0 Å². The Labute approximate surface area is 146 Å². The summed E-state index contributed by atoms with van der Waals surface area (Å²) >= 11 is 0. The fraction of sp³-hybridized carbons (Fsp3) is 0.211. The SMILES string of the molecule is CCc1ccc(/C=N\OCC(=O)Nc2ccccc2C(=O)OC)cc1. The molecule has 0 spiro atoms. The van der Waals surface area contributed by atoms with E-state index < -0.39 is 11.9 Å². The van der Waals surface area contributed by atoms with Crippen molar-refractivity contribution in [3.63, 3.8) is 0 Å². The van der Waals surface area contributed by atoms with Gasteiger partial charge in [-0.3, -0.25) is 4.79 Å². The number of benzene rings is 2. The van der Waals surface area contributed by atoms with Crippen LogP contribution in [0.3, 0.4) is 0 Å². The molecule has 0 bridgehead atoms. The molecule has 0 saturated heterocycles. The number of nitrogens with one attached hydrogen (secondary N) is 1. The van der Waals surface area contributed by atoms with Crippen LogP contribution in [0.4, 0.5) is 5.69 Å². The van der Waals surface area contributed by atoms with E-state index in [0.717, 1.165) is 12.0 Å². The summed E-state index contributed by atoms with van der Waals surface area (Å²) in [5.41, 5.74) is 2.76. The Hall–Kier alpha value is -3.15. The van der Waals surface area contributed by atoms with Crippen LogP contribution in [0.5, 0.6) is 0 Å². The first-order valence-corrected chi connectivity index (χ1v) is 7.85. The predicted octanol–water partition coefficient (Wildman–Crippen LogP) is 3.02. The number of rotatable bonds is 7. The number of ether oxygens (including phenoxy) is 1. The number of para-hydroxylation sites is 1. The van der Waals surface area contributed by atoms with Crippen molar-refractivity contribution in [3.05, 3.63) is 65.2 Å². The molecule has 0 atom stereocenters. The summed E-state index contributed by atoms with van der Waals surface area (Å²) in [6.07, 6.45) is 2.51. The third-order valence-corrected chi connectivity index (χ3v) is 3.47. The van der Waals surface area contributed by atoms with Gasteiger partial charge >= 0.3 is 5.97 Å². The zero-order valence-corrected chi connectivity index (χ0v) is 14.2. The standard InChI is InChI=1S/C19H20N2O4/c1-3-14-8-10-15(11-9-14)12-20-25-13-18(22)21-17-7-5-4-6-16(17)19(23)24-2/h4-12H,3,13H2,1-2H3,(H,21,22)/b20-12-. The van der Waals surface area contributed by atoms with Gasteiger partial charge in [0.2, 0.25) is 0 Å². The van der Waals surface area contributed by atoms with Crippen molar-refractivity contribution in [2.24, 2.45) is 5.16 Å². The number of amides is 1. The average Bonchev–Trinajstić information content (AvgIpc) is 2.65. The number of aryl methyl sites for hydroxylation is 1. The molecule has 0 unspecified atom stereocenters. The summed E-state index contributed by atoms with van der Waals surface area (Å²) in [5, 5.41) is 6.38. The fourth-order valence-corrected chi connectivity index (χ4v) is 2.10. The number of hydrogen-bond acceptors (Lipinski definition) is 5. The molecule has 0 aromatic heterocycles. The molecular weight excluding hydrogens is 320 g/mol. The van der Waals surface area contributed by atoms with E-state index in [4.69, 9.17) is 4.84 Å². The third-order valence-electron chi connectivity index (χ3n) is 3.47. The second-order valence-electron chi connectivity index (χ2n) is 5.19. The average molecular weight is 340 g/mol. The minimum absolute atomic E-state index is 0.265. The number of nitrogens with zero attached hydrogens (tertiary/aromatic N) is 1. The highest BCUT2D eigenvalue weighted by atomic mass is 16.6. The summed E-state index contributed by atoms with van der Waals surface area (Å²) in [7, 11) is 1.28. The van der Waals surface area contributed by atoms with Crippen LogP contribution in [-0.2, 0) is 20.8 Å². The van der Waals surface area contributed by atoms with Crippen molar-refractivity contribution >= 4 is 23.8 Å². The molecule has 0 aliphatic carbocycles. The maximum Gasteiger partial charge on any atom is 0.339 e. The van der Waals surface area contributed by atoms with Crippen LogP contribution >= 0.6 is 0 Å². The van der Waals surface area contributed by atoms with Crippen molar-refractivity contribution in [2.45, 2.75) is 13.3 Å². The van der Waals surface area contributed by atoms with Gasteiger partial charge in [0.1, 0.15) is 0 Å². The first-order valence-electron chi connectivity index (χ1n) is 7.85. The lowest BCUT2D eigenvalue weighted by Gasteiger charge is -2.08. The largest absolute Gasteiger partial charge is 0.465 e. The molecule has 25 heavy (non-hydrogen) atoms. The first kappa shape index (κ1) is 18.2. The lowest BCUT2D eigenvalue weighted by atomic mass is 10.1. The number of anilines is 1. The van der Waals surface area contributed by atoms with Crippen LogP contribution in [0.1, 0.15) is 28.4 Å². The second-order valence-corrected chi connectivity index (χ2v) is 5.19. The van der Waals surface area contributed by atoms with E-state index in [1.165, 1.54) is 18.9 Å². The molecule has 0 heterocycles. The summed E-state index contributed by atoms with van der Waals surface area (Å²) in [6.45, 7) is 1.82. The molecule has 1 N–H and O–H groups in total. The van der Waals surface area contributed by atoms with E-state index in [0.29, 0.717) is 5.69 Å². The summed E-state index contributed by atoms with van der Waals surface area (Å²) < 4.78 is 4.68. The van der Waals surface area contributed by atoms with Gasteiger partial charge in [-0.25, -0.2) is 4.79 Å². The number of esters is 1. The second kappa shape index (κ2) is 9.22. The minimum atomic E-state index is -0.523. The molecular formula is C19H20N2O4. The van der Waals surface area contributed by atoms with Crippen molar-refractivity contribution in [1.82, 2.24) is 0 Å². The molecule has 2 aromatic carbocycles. The molecule has 0 aliphatic heterocycles. The maximum absolute atomic E-state index is 11.9. The third kappa shape index (κ3) is 5.46. The van der Waals surface area contributed by atoms with Gasteiger partial charge in [-0.15, -0.1) is 0 Å². The number of carbonyl (C=O) groups excluding carboxylic acids is 2. The molecule has 1 amide bonds. The molecule has 2 rings (SSSR count). The van der Waals surface area contributed by atoms with Crippen molar-refractivity contribution < 1.29 is 19.2 Å². The Bertz CT molecular complexity index is 754. The van der Waals surface area contributed by atoms with E-state index in [-0.39, 0.29) is 12.2 Å². The monoisotopic (exact) mass is 340 g/mol. The normalized spacial score (nSPS) is 10.5. The molecule has 6 nitrogen and oxygen atoms in total. The van der Waals surface area contributed by atoms with Gasteiger partial charge in [0.05, 0.1) is 24.6 Å². The van der Waals surface area contributed by atoms with Crippen molar-refractivity contribution in [1.29, 1.82) is 0 Å². The van der Waals surface area contributed by atoms with Gasteiger partial charge in [0.15, 0.2) is 6.61 Å². The molecule has 2 aromatic rings. The van der Waals surface area contributed by atoms with E-state index >= 15 is 0 Å². The predicted molar refractivity (Wildman–Crippen MR) is 95.8 cm³/mol. The van der Waals surface area contributed by atoms with Crippen LogP contribution in [-0.4, -0.2) is 31.8 Å². The zero-order valence-electron chi connectivity index (χ0n) is 14.2. The van der Waals surface area contributed by atoms with Gasteiger partial charge in [0.25, 0.3) is 5.91 Å². The molecule has 0 aliphatic rings.